The van der Waals surface area contributed by atoms with Crippen LogP contribution in [0.15, 0.2) is 6.20 Å². The minimum atomic E-state index is 0.505. The van der Waals surface area contributed by atoms with Crippen LogP contribution < -0.4 is 10.6 Å². The van der Waals surface area contributed by atoms with E-state index in [1.54, 1.807) is 0 Å². The summed E-state index contributed by atoms with van der Waals surface area (Å²) in [6.07, 6.45) is 4.23. The summed E-state index contributed by atoms with van der Waals surface area (Å²) in [6.45, 7) is 8.22. The molecule has 0 unspecified atom stereocenters. The zero-order chi connectivity index (χ0) is 13.8. The number of aryl methyl sites for hydroxylation is 1. The predicted octanol–water partition coefficient (Wildman–Crippen LogP) is 1.16. The highest BCUT2D eigenvalue weighted by molar-refractivity contribution is 5.33. The molecule has 19 heavy (non-hydrogen) atoms. The van der Waals surface area contributed by atoms with Crippen molar-refractivity contribution in [2.24, 2.45) is 5.73 Å². The zero-order valence-electron chi connectivity index (χ0n) is 12.3. The summed E-state index contributed by atoms with van der Waals surface area (Å²) >= 11 is 0. The molecule has 0 saturated carbocycles. The third kappa shape index (κ3) is 3.22. The van der Waals surface area contributed by atoms with E-state index in [2.05, 4.69) is 33.7 Å². The maximum absolute atomic E-state index is 5.65. The van der Waals surface area contributed by atoms with Gasteiger partial charge in [-0.05, 0) is 26.3 Å². The van der Waals surface area contributed by atoms with Gasteiger partial charge in [-0.3, -0.25) is 0 Å². The van der Waals surface area contributed by atoms with Crippen LogP contribution in [0.25, 0.3) is 0 Å². The molecule has 0 radical (unpaired) electrons. The Morgan fingerprint density at radius 2 is 2.11 bits per heavy atom. The Bertz CT molecular complexity index is 412. The molecule has 106 valence electrons. The molecule has 0 bridgehead atoms. The van der Waals surface area contributed by atoms with Crippen LogP contribution in [0.2, 0.25) is 0 Å². The number of rotatable bonds is 4. The summed E-state index contributed by atoms with van der Waals surface area (Å²) in [6, 6.07) is 0.547. The third-order valence-electron chi connectivity index (χ3n) is 4.16. The van der Waals surface area contributed by atoms with E-state index in [1.807, 2.05) is 13.1 Å². The van der Waals surface area contributed by atoms with Crippen molar-refractivity contribution >= 4 is 5.95 Å². The Balaban J connectivity index is 2.03. The number of nitrogens with two attached hydrogens (primary N) is 1. The van der Waals surface area contributed by atoms with E-state index in [1.165, 1.54) is 25.9 Å². The van der Waals surface area contributed by atoms with Gasteiger partial charge in [0.05, 0.1) is 0 Å². The van der Waals surface area contributed by atoms with Crippen LogP contribution in [0.1, 0.15) is 31.0 Å². The Morgan fingerprint density at radius 3 is 2.63 bits per heavy atom. The average Bonchev–Trinajstić information content (AvgIpc) is 2.46. The minimum absolute atomic E-state index is 0.505. The summed E-state index contributed by atoms with van der Waals surface area (Å²) in [5, 5.41) is 0. The van der Waals surface area contributed by atoms with Crippen LogP contribution in [-0.4, -0.2) is 47.6 Å². The van der Waals surface area contributed by atoms with Crippen LogP contribution in [0.5, 0.6) is 0 Å². The first-order valence-electron chi connectivity index (χ1n) is 7.13. The summed E-state index contributed by atoms with van der Waals surface area (Å²) in [5.41, 5.74) is 7.67. The molecule has 0 atom stereocenters. The molecule has 1 fully saturated rings. The zero-order valence-corrected chi connectivity index (χ0v) is 12.3. The lowest BCUT2D eigenvalue weighted by Gasteiger charge is -2.36. The van der Waals surface area contributed by atoms with Crippen LogP contribution in [0.4, 0.5) is 5.95 Å². The van der Waals surface area contributed by atoms with Crippen molar-refractivity contribution in [3.05, 3.63) is 17.5 Å². The van der Waals surface area contributed by atoms with Gasteiger partial charge >= 0.3 is 0 Å². The van der Waals surface area contributed by atoms with Gasteiger partial charge in [-0.25, -0.2) is 9.97 Å². The molecular weight excluding hydrogens is 238 g/mol. The van der Waals surface area contributed by atoms with E-state index in [0.717, 1.165) is 23.8 Å². The van der Waals surface area contributed by atoms with Crippen LogP contribution in [0.3, 0.4) is 0 Å². The normalized spacial score (nSPS) is 17.7. The van der Waals surface area contributed by atoms with Crippen molar-refractivity contribution < 1.29 is 0 Å². The summed E-state index contributed by atoms with van der Waals surface area (Å²) in [5.74, 6) is 0.824. The van der Waals surface area contributed by atoms with Crippen molar-refractivity contribution in [1.29, 1.82) is 0 Å². The maximum atomic E-state index is 5.65. The maximum Gasteiger partial charge on any atom is 0.225 e. The smallest absolute Gasteiger partial charge is 0.225 e. The summed E-state index contributed by atoms with van der Waals surface area (Å²) in [7, 11) is 2.10. The van der Waals surface area contributed by atoms with Gasteiger partial charge in [-0.15, -0.1) is 0 Å². The van der Waals surface area contributed by atoms with Crippen molar-refractivity contribution in [3.8, 4) is 0 Å². The quantitative estimate of drug-likeness (QED) is 0.883. The van der Waals surface area contributed by atoms with Gasteiger partial charge in [-0.2, -0.15) is 0 Å². The molecule has 0 aliphatic carbocycles. The second kappa shape index (κ2) is 6.30. The molecule has 0 aromatic carbocycles. The lowest BCUT2D eigenvalue weighted by atomic mass is 10.0. The van der Waals surface area contributed by atoms with E-state index >= 15 is 0 Å². The Kier molecular flexibility index (Phi) is 4.71. The number of hydrogen-bond donors (Lipinski definition) is 1. The van der Waals surface area contributed by atoms with Crippen LogP contribution in [-0.2, 0) is 6.54 Å². The summed E-state index contributed by atoms with van der Waals surface area (Å²) in [4.78, 5) is 13.7. The fraction of sp³-hybridized carbons (Fsp3) is 0.714. The molecule has 1 aromatic rings. The highest BCUT2D eigenvalue weighted by Crippen LogP contribution is 2.19. The van der Waals surface area contributed by atoms with E-state index in [-0.39, 0.29) is 0 Å². The minimum Gasteiger partial charge on any atom is -0.341 e. The largest absolute Gasteiger partial charge is 0.341 e. The van der Waals surface area contributed by atoms with Crippen molar-refractivity contribution in [1.82, 2.24) is 14.9 Å². The van der Waals surface area contributed by atoms with E-state index in [4.69, 9.17) is 5.73 Å². The average molecular weight is 263 g/mol. The fourth-order valence-corrected chi connectivity index (χ4v) is 2.64. The van der Waals surface area contributed by atoms with E-state index in [9.17, 15) is 0 Å². The lowest BCUT2D eigenvalue weighted by molar-refractivity contribution is 0.220. The number of nitrogens with zero attached hydrogens (tertiary/aromatic N) is 4. The molecule has 0 amide bonds. The van der Waals surface area contributed by atoms with E-state index in [0.29, 0.717) is 12.6 Å². The molecule has 1 saturated heterocycles. The molecule has 1 aliphatic rings. The first-order valence-corrected chi connectivity index (χ1v) is 7.13. The van der Waals surface area contributed by atoms with Crippen LogP contribution in [0, 0.1) is 6.92 Å². The van der Waals surface area contributed by atoms with Gasteiger partial charge in [0, 0.05) is 50.2 Å². The molecule has 2 heterocycles. The topological polar surface area (TPSA) is 58.3 Å². The first kappa shape index (κ1) is 14.2. The monoisotopic (exact) mass is 263 g/mol. The fourth-order valence-electron chi connectivity index (χ4n) is 2.64. The Morgan fingerprint density at radius 1 is 1.42 bits per heavy atom. The summed E-state index contributed by atoms with van der Waals surface area (Å²) < 4.78 is 0. The second-order valence-electron chi connectivity index (χ2n) is 5.26. The van der Waals surface area contributed by atoms with Gasteiger partial charge < -0.3 is 15.5 Å². The molecular formula is C14H25N5. The van der Waals surface area contributed by atoms with Gasteiger partial charge in [-0.1, -0.05) is 6.92 Å². The molecule has 0 spiro atoms. The van der Waals surface area contributed by atoms with Gasteiger partial charge in [0.25, 0.3) is 0 Å². The third-order valence-corrected chi connectivity index (χ3v) is 4.16. The number of aromatic nitrogens is 2. The number of anilines is 1. The lowest BCUT2D eigenvalue weighted by Crippen LogP contribution is -2.43. The molecule has 2 rings (SSSR count). The first-order chi connectivity index (χ1) is 9.15. The van der Waals surface area contributed by atoms with Gasteiger partial charge in [0.15, 0.2) is 0 Å². The highest BCUT2D eigenvalue weighted by Gasteiger charge is 2.23. The Labute approximate surface area is 115 Å². The van der Waals surface area contributed by atoms with Gasteiger partial charge in [0.1, 0.15) is 0 Å². The van der Waals surface area contributed by atoms with Gasteiger partial charge in [0.2, 0.25) is 5.95 Å². The molecule has 1 aromatic heterocycles. The molecule has 5 heteroatoms. The van der Waals surface area contributed by atoms with Crippen molar-refractivity contribution in [3.63, 3.8) is 0 Å². The Hall–Kier alpha value is -1.20. The van der Waals surface area contributed by atoms with Crippen molar-refractivity contribution in [2.45, 2.75) is 39.3 Å². The SMILES string of the molecule is CCN1CCC(N(C)c2ncc(CN)c(C)n2)CC1. The number of likely N-dealkylation sites (tertiary alicyclic amines) is 1. The van der Waals surface area contributed by atoms with Crippen LogP contribution >= 0.6 is 0 Å². The van der Waals surface area contributed by atoms with Crippen molar-refractivity contribution in [2.75, 3.05) is 31.6 Å². The molecule has 1 aliphatic heterocycles. The molecule has 2 N–H and O–H groups in total. The second-order valence-corrected chi connectivity index (χ2v) is 5.26. The molecule has 5 nitrogen and oxygen atoms in total. The standard InChI is InChI=1S/C14H25N5/c1-4-19-7-5-13(6-8-19)18(3)14-16-10-12(9-15)11(2)17-14/h10,13H,4-9,15H2,1-3H3. The predicted molar refractivity (Wildman–Crippen MR) is 78.2 cm³/mol. The number of hydrogen-bond acceptors (Lipinski definition) is 5. The highest BCUT2D eigenvalue weighted by atomic mass is 15.3. The number of piperidine rings is 1. The van der Waals surface area contributed by atoms with E-state index < -0.39 is 0 Å².